The summed E-state index contributed by atoms with van der Waals surface area (Å²) >= 11 is 0. The zero-order valence-electron chi connectivity index (χ0n) is 13.2. The van der Waals surface area contributed by atoms with Gasteiger partial charge in [-0.1, -0.05) is 31.6 Å². The van der Waals surface area contributed by atoms with E-state index in [4.69, 9.17) is 0 Å². The quantitative estimate of drug-likeness (QED) is 0.940. The zero-order chi connectivity index (χ0) is 16.2. The van der Waals surface area contributed by atoms with Gasteiger partial charge in [-0.2, -0.15) is 5.10 Å². The summed E-state index contributed by atoms with van der Waals surface area (Å²) in [6, 6.07) is 6.51. The molecule has 0 aliphatic carbocycles. The smallest absolute Gasteiger partial charge is 0.257 e. The molecule has 2 heterocycles. The van der Waals surface area contributed by atoms with Crippen LogP contribution in [-0.4, -0.2) is 34.1 Å². The van der Waals surface area contributed by atoms with E-state index in [1.54, 1.807) is 18.3 Å². The average molecular weight is 313 g/mol. The number of nitrogens with zero attached hydrogens (tertiary/aromatic N) is 2. The molecule has 0 spiro atoms. The van der Waals surface area contributed by atoms with Gasteiger partial charge in [0.2, 0.25) is 0 Å². The van der Waals surface area contributed by atoms with Gasteiger partial charge in [-0.25, -0.2) is 4.39 Å². The third-order valence-electron chi connectivity index (χ3n) is 4.16. The lowest BCUT2D eigenvalue weighted by Gasteiger charge is -2.26. The highest BCUT2D eigenvalue weighted by Gasteiger charge is 2.22. The van der Waals surface area contributed by atoms with E-state index in [2.05, 4.69) is 17.1 Å². The Morgan fingerprint density at radius 1 is 1.35 bits per heavy atom. The van der Waals surface area contributed by atoms with Crippen molar-refractivity contribution in [2.24, 2.45) is 0 Å². The highest BCUT2D eigenvalue weighted by molar-refractivity contribution is 5.95. The molecule has 1 N–H and O–H groups in total. The molecular formula is C18H20FN3O. The number of H-pyrrole nitrogens is 1. The predicted octanol–water partition coefficient (Wildman–Crippen LogP) is 3.43. The first-order chi connectivity index (χ1) is 11.2. The van der Waals surface area contributed by atoms with Gasteiger partial charge in [-0.15, -0.1) is 0 Å². The van der Waals surface area contributed by atoms with Gasteiger partial charge in [0.25, 0.3) is 5.91 Å². The van der Waals surface area contributed by atoms with Crippen molar-refractivity contribution >= 4 is 11.5 Å². The van der Waals surface area contributed by atoms with E-state index >= 15 is 0 Å². The monoisotopic (exact) mass is 313 g/mol. The number of rotatable bonds is 4. The van der Waals surface area contributed by atoms with Crippen LogP contribution in [0.5, 0.6) is 0 Å². The Hall–Kier alpha value is -2.43. The summed E-state index contributed by atoms with van der Waals surface area (Å²) in [5.74, 6) is -0.206. The Balaban J connectivity index is 1.71. The molecule has 120 valence electrons. The van der Waals surface area contributed by atoms with Crippen LogP contribution in [0.25, 0.3) is 5.57 Å². The number of benzene rings is 1. The van der Waals surface area contributed by atoms with E-state index in [1.807, 2.05) is 11.0 Å². The number of hydrogen-bond donors (Lipinski definition) is 1. The van der Waals surface area contributed by atoms with Crippen LogP contribution in [0.15, 0.2) is 36.5 Å². The summed E-state index contributed by atoms with van der Waals surface area (Å²) in [7, 11) is 0. The normalized spacial score (nSPS) is 14.7. The number of nitrogens with one attached hydrogen (secondary N) is 1. The Morgan fingerprint density at radius 2 is 2.13 bits per heavy atom. The lowest BCUT2D eigenvalue weighted by Crippen LogP contribution is -2.35. The Kier molecular flexibility index (Phi) is 4.55. The molecule has 1 aromatic carbocycles. The average Bonchev–Trinajstić information content (AvgIpc) is 3.04. The minimum Gasteiger partial charge on any atom is -0.334 e. The summed E-state index contributed by atoms with van der Waals surface area (Å²) in [6.45, 7) is 3.31. The fraction of sp³-hybridized carbons (Fsp3) is 0.333. The Bertz CT molecular complexity index is 718. The molecule has 23 heavy (non-hydrogen) atoms. The highest BCUT2D eigenvalue weighted by Crippen LogP contribution is 2.23. The minimum atomic E-state index is -0.231. The molecule has 0 fully saturated rings. The van der Waals surface area contributed by atoms with Crippen molar-refractivity contribution in [3.05, 3.63) is 59.2 Å². The number of carbonyl (C=O) groups is 1. The van der Waals surface area contributed by atoms with Gasteiger partial charge in [0, 0.05) is 18.8 Å². The second kappa shape index (κ2) is 6.77. The van der Waals surface area contributed by atoms with Gasteiger partial charge in [-0.3, -0.25) is 9.89 Å². The van der Waals surface area contributed by atoms with E-state index in [-0.39, 0.29) is 11.7 Å². The second-order valence-electron chi connectivity index (χ2n) is 5.75. The molecule has 4 nitrogen and oxygen atoms in total. The van der Waals surface area contributed by atoms with Gasteiger partial charge >= 0.3 is 0 Å². The maximum absolute atomic E-state index is 13.0. The van der Waals surface area contributed by atoms with E-state index in [0.29, 0.717) is 18.7 Å². The van der Waals surface area contributed by atoms with Gasteiger partial charge in [0.15, 0.2) is 0 Å². The summed E-state index contributed by atoms with van der Waals surface area (Å²) in [6.07, 6.45) is 6.24. The fourth-order valence-corrected chi connectivity index (χ4v) is 2.89. The topological polar surface area (TPSA) is 49.0 Å². The lowest BCUT2D eigenvalue weighted by atomic mass is 9.99. The van der Waals surface area contributed by atoms with Crippen LogP contribution in [0.4, 0.5) is 4.39 Å². The second-order valence-corrected chi connectivity index (χ2v) is 5.75. The van der Waals surface area contributed by atoms with Crippen molar-refractivity contribution in [3.8, 4) is 0 Å². The van der Waals surface area contributed by atoms with Crippen LogP contribution in [0.1, 0.15) is 41.4 Å². The minimum absolute atomic E-state index is 0.0246. The van der Waals surface area contributed by atoms with Crippen molar-refractivity contribution in [1.29, 1.82) is 0 Å². The molecule has 1 aromatic heterocycles. The van der Waals surface area contributed by atoms with Crippen LogP contribution < -0.4 is 0 Å². The molecular weight excluding hydrogens is 293 g/mol. The molecule has 1 aliphatic rings. The van der Waals surface area contributed by atoms with Gasteiger partial charge < -0.3 is 4.90 Å². The highest BCUT2D eigenvalue weighted by atomic mass is 19.1. The van der Waals surface area contributed by atoms with Crippen LogP contribution in [0.3, 0.4) is 0 Å². The number of aromatic amines is 1. The molecule has 0 saturated heterocycles. The van der Waals surface area contributed by atoms with Crippen molar-refractivity contribution in [2.75, 3.05) is 13.1 Å². The van der Waals surface area contributed by atoms with Crippen molar-refractivity contribution in [1.82, 2.24) is 15.1 Å². The maximum atomic E-state index is 13.0. The third-order valence-corrected chi connectivity index (χ3v) is 4.16. The van der Waals surface area contributed by atoms with E-state index in [1.165, 1.54) is 12.1 Å². The van der Waals surface area contributed by atoms with Gasteiger partial charge in [0.05, 0.1) is 11.8 Å². The number of aromatic nitrogens is 2. The molecule has 1 amide bonds. The number of amides is 1. The molecule has 0 saturated carbocycles. The van der Waals surface area contributed by atoms with Gasteiger partial charge in [-0.05, 0) is 36.1 Å². The molecule has 0 atom stereocenters. The van der Waals surface area contributed by atoms with Crippen LogP contribution in [0, 0.1) is 5.82 Å². The SMILES string of the molecule is CCCc1[nH]ncc1C(=O)N1CC=C(c2ccc(F)cc2)CC1. The fourth-order valence-electron chi connectivity index (χ4n) is 2.89. The van der Waals surface area contributed by atoms with Crippen LogP contribution in [0.2, 0.25) is 0 Å². The molecule has 0 radical (unpaired) electrons. The van der Waals surface area contributed by atoms with E-state index in [9.17, 15) is 9.18 Å². The molecule has 1 aliphatic heterocycles. The largest absolute Gasteiger partial charge is 0.334 e. The summed E-state index contributed by atoms with van der Waals surface area (Å²) in [4.78, 5) is 14.5. The Morgan fingerprint density at radius 3 is 2.78 bits per heavy atom. The van der Waals surface area contributed by atoms with Gasteiger partial charge in [0.1, 0.15) is 5.82 Å². The zero-order valence-corrected chi connectivity index (χ0v) is 13.2. The first kappa shape index (κ1) is 15.5. The lowest BCUT2D eigenvalue weighted by molar-refractivity contribution is 0.0772. The van der Waals surface area contributed by atoms with E-state index in [0.717, 1.165) is 36.1 Å². The maximum Gasteiger partial charge on any atom is 0.257 e. The third kappa shape index (κ3) is 3.33. The molecule has 3 rings (SSSR count). The number of carbonyl (C=O) groups excluding carboxylic acids is 1. The molecule has 5 heteroatoms. The van der Waals surface area contributed by atoms with E-state index < -0.39 is 0 Å². The van der Waals surface area contributed by atoms with Crippen molar-refractivity contribution in [2.45, 2.75) is 26.2 Å². The van der Waals surface area contributed by atoms with Crippen LogP contribution >= 0.6 is 0 Å². The van der Waals surface area contributed by atoms with Crippen molar-refractivity contribution in [3.63, 3.8) is 0 Å². The Labute approximate surface area is 135 Å². The number of aryl methyl sites for hydroxylation is 1. The summed E-state index contributed by atoms with van der Waals surface area (Å²) in [5.41, 5.74) is 3.76. The first-order valence-electron chi connectivity index (χ1n) is 7.95. The molecule has 0 unspecified atom stereocenters. The first-order valence-corrected chi connectivity index (χ1v) is 7.95. The number of hydrogen-bond acceptors (Lipinski definition) is 2. The van der Waals surface area contributed by atoms with Crippen molar-refractivity contribution < 1.29 is 9.18 Å². The summed E-state index contributed by atoms with van der Waals surface area (Å²) in [5, 5.41) is 6.92. The number of halogens is 1. The predicted molar refractivity (Wildman–Crippen MR) is 87.5 cm³/mol. The summed E-state index contributed by atoms with van der Waals surface area (Å²) < 4.78 is 13.0. The molecule has 0 bridgehead atoms. The molecule has 2 aromatic rings. The standard InChI is InChI=1S/C18H20FN3O/c1-2-3-17-16(12-20-21-17)18(23)22-10-8-14(9-11-22)13-4-6-15(19)7-5-13/h4-8,12H,2-3,9-11H2,1H3,(H,20,21). The van der Waals surface area contributed by atoms with Crippen LogP contribution in [-0.2, 0) is 6.42 Å².